The van der Waals surface area contributed by atoms with Gasteiger partial charge in [0.25, 0.3) is 5.56 Å². The highest BCUT2D eigenvalue weighted by Gasteiger charge is 2.17. The van der Waals surface area contributed by atoms with E-state index in [2.05, 4.69) is 15.4 Å². The number of carbonyl (C=O) groups is 1. The van der Waals surface area contributed by atoms with E-state index in [0.717, 1.165) is 21.7 Å². The number of pyridine rings is 1. The molecule has 0 spiro atoms. The average Bonchev–Trinajstić information content (AvgIpc) is 3.26. The molecule has 0 aliphatic carbocycles. The molecule has 1 atom stereocenters. The first-order chi connectivity index (χ1) is 13.1. The Balaban J connectivity index is 1.64. The van der Waals surface area contributed by atoms with Gasteiger partial charge in [-0.05, 0) is 36.6 Å². The maximum Gasteiger partial charge on any atom is 0.291 e. The van der Waals surface area contributed by atoms with Gasteiger partial charge in [0.15, 0.2) is 0 Å². The summed E-state index contributed by atoms with van der Waals surface area (Å²) in [5.74, 6) is 0.478. The monoisotopic (exact) mass is 381 g/mol. The summed E-state index contributed by atoms with van der Waals surface area (Å²) in [5.41, 5.74) is 2.03. The van der Waals surface area contributed by atoms with Crippen LogP contribution in [0.5, 0.6) is 0 Å². The second kappa shape index (κ2) is 6.96. The van der Waals surface area contributed by atoms with Gasteiger partial charge in [-0.1, -0.05) is 13.0 Å². The van der Waals surface area contributed by atoms with Gasteiger partial charge in [-0.25, -0.2) is 4.68 Å². The van der Waals surface area contributed by atoms with Crippen LogP contribution in [0.2, 0.25) is 0 Å². The fraction of sp³-hybridized carbons (Fsp3) is 0.263. The van der Waals surface area contributed by atoms with E-state index >= 15 is 0 Å². The molecule has 0 saturated carbocycles. The molecule has 0 fully saturated rings. The molecule has 8 heteroatoms. The van der Waals surface area contributed by atoms with Crippen LogP contribution < -0.4 is 10.9 Å². The molecule has 0 aliphatic rings. The van der Waals surface area contributed by atoms with Gasteiger partial charge in [0.2, 0.25) is 5.91 Å². The van der Waals surface area contributed by atoms with Crippen LogP contribution in [0.3, 0.4) is 0 Å². The van der Waals surface area contributed by atoms with Crippen LogP contribution in [-0.4, -0.2) is 25.1 Å². The first-order valence-corrected chi connectivity index (χ1v) is 9.65. The van der Waals surface area contributed by atoms with Crippen molar-refractivity contribution in [2.45, 2.75) is 32.9 Å². The molecule has 7 nitrogen and oxygen atoms in total. The number of hydrogen-bond donors (Lipinski definition) is 1. The van der Waals surface area contributed by atoms with Crippen molar-refractivity contribution in [1.29, 1.82) is 0 Å². The Hall–Kier alpha value is -3.00. The van der Waals surface area contributed by atoms with Gasteiger partial charge in [-0.3, -0.25) is 19.0 Å². The number of rotatable bonds is 5. The average molecular weight is 381 g/mol. The van der Waals surface area contributed by atoms with Crippen LogP contribution >= 0.6 is 11.3 Å². The van der Waals surface area contributed by atoms with Gasteiger partial charge in [0.1, 0.15) is 17.9 Å². The molecule has 138 valence electrons. The Bertz CT molecular complexity index is 1180. The van der Waals surface area contributed by atoms with Gasteiger partial charge in [-0.2, -0.15) is 5.10 Å². The summed E-state index contributed by atoms with van der Waals surface area (Å²) in [6, 6.07) is 9.15. The molecule has 4 aromatic heterocycles. The number of carbonyl (C=O) groups excluding carboxylic acids is 1. The highest BCUT2D eigenvalue weighted by atomic mass is 32.1. The van der Waals surface area contributed by atoms with Crippen molar-refractivity contribution in [2.75, 3.05) is 0 Å². The predicted molar refractivity (Wildman–Crippen MR) is 105 cm³/mol. The van der Waals surface area contributed by atoms with Crippen molar-refractivity contribution >= 4 is 33.0 Å². The number of aromatic nitrogens is 4. The maximum absolute atomic E-state index is 12.8. The number of nitrogens with zero attached hydrogens (tertiary/aromatic N) is 4. The van der Waals surface area contributed by atoms with E-state index in [-0.39, 0.29) is 24.1 Å². The Morgan fingerprint density at radius 3 is 2.89 bits per heavy atom. The Morgan fingerprint density at radius 2 is 2.15 bits per heavy atom. The minimum Gasteiger partial charge on any atom is -0.346 e. The van der Waals surface area contributed by atoms with Crippen molar-refractivity contribution < 1.29 is 4.79 Å². The maximum atomic E-state index is 12.8. The summed E-state index contributed by atoms with van der Waals surface area (Å²) < 4.78 is 4.17. The number of nitrogens with one attached hydrogen (secondary N) is 1. The molecule has 0 bridgehead atoms. The van der Waals surface area contributed by atoms with E-state index in [1.807, 2.05) is 54.0 Å². The first-order valence-electron chi connectivity index (χ1n) is 8.77. The third-order valence-corrected chi connectivity index (χ3v) is 5.34. The second-order valence-corrected chi connectivity index (χ2v) is 7.26. The Labute approximate surface area is 159 Å². The summed E-state index contributed by atoms with van der Waals surface area (Å²) >= 11 is 1.58. The molecular weight excluding hydrogens is 362 g/mol. The van der Waals surface area contributed by atoms with Gasteiger partial charge in [0, 0.05) is 12.6 Å². The second-order valence-electron chi connectivity index (χ2n) is 6.31. The van der Waals surface area contributed by atoms with Crippen LogP contribution in [-0.2, 0) is 17.8 Å². The van der Waals surface area contributed by atoms with Crippen LogP contribution in [0.1, 0.15) is 31.4 Å². The van der Waals surface area contributed by atoms with E-state index in [0.29, 0.717) is 11.9 Å². The molecule has 0 saturated heterocycles. The minimum atomic E-state index is -0.275. The molecule has 27 heavy (non-hydrogen) atoms. The van der Waals surface area contributed by atoms with Crippen molar-refractivity contribution in [3.63, 3.8) is 0 Å². The molecule has 4 rings (SSSR count). The lowest BCUT2D eigenvalue weighted by atomic mass is 10.2. The van der Waals surface area contributed by atoms with E-state index in [1.165, 1.54) is 4.68 Å². The lowest BCUT2D eigenvalue weighted by Gasteiger charge is -2.14. The first kappa shape index (κ1) is 17.4. The van der Waals surface area contributed by atoms with E-state index in [9.17, 15) is 9.59 Å². The standard InChI is InChI=1S/C19H19N5O2S/c1-3-17-22-23(11-18(25)21-12(2)13-6-4-5-8-20-13)19(26)15-10-16-14(24(15)17)7-9-27-16/h4-10,12H,3,11H2,1-2H3,(H,21,25). The minimum absolute atomic E-state index is 0.127. The SMILES string of the molecule is CCc1nn(CC(=O)NC(C)c2ccccn2)c(=O)c2cc3sccc3n12. The van der Waals surface area contributed by atoms with Crippen LogP contribution in [0, 0.1) is 0 Å². The van der Waals surface area contributed by atoms with Crippen LogP contribution in [0.4, 0.5) is 0 Å². The number of amides is 1. The van der Waals surface area contributed by atoms with Crippen LogP contribution in [0.15, 0.2) is 46.7 Å². The van der Waals surface area contributed by atoms with Crippen molar-refractivity contribution in [1.82, 2.24) is 24.5 Å². The zero-order chi connectivity index (χ0) is 19.0. The van der Waals surface area contributed by atoms with Crippen molar-refractivity contribution in [3.8, 4) is 0 Å². The zero-order valence-corrected chi connectivity index (χ0v) is 15.9. The summed E-state index contributed by atoms with van der Waals surface area (Å²) in [4.78, 5) is 29.6. The molecule has 4 heterocycles. The number of fused-ring (bicyclic) bond motifs is 3. The highest BCUT2D eigenvalue weighted by Crippen LogP contribution is 2.24. The molecule has 0 aromatic carbocycles. The molecule has 1 unspecified atom stereocenters. The fourth-order valence-electron chi connectivity index (χ4n) is 3.19. The Kier molecular flexibility index (Phi) is 4.49. The number of thiophene rings is 1. The van der Waals surface area contributed by atoms with Crippen molar-refractivity contribution in [2.24, 2.45) is 0 Å². The highest BCUT2D eigenvalue weighted by molar-refractivity contribution is 7.17. The number of hydrogen-bond acceptors (Lipinski definition) is 5. The molecule has 0 radical (unpaired) electrons. The summed E-state index contributed by atoms with van der Waals surface area (Å²) in [6.45, 7) is 3.72. The molecule has 4 aromatic rings. The third kappa shape index (κ3) is 3.12. The normalized spacial score (nSPS) is 12.5. The van der Waals surface area contributed by atoms with E-state index < -0.39 is 0 Å². The summed E-state index contributed by atoms with van der Waals surface area (Å²) in [6.07, 6.45) is 2.34. The fourth-order valence-corrected chi connectivity index (χ4v) is 3.99. The Morgan fingerprint density at radius 1 is 1.30 bits per heavy atom. The molecule has 1 N–H and O–H groups in total. The smallest absolute Gasteiger partial charge is 0.291 e. The summed E-state index contributed by atoms with van der Waals surface area (Å²) in [5, 5.41) is 9.30. The number of aryl methyl sites for hydroxylation is 1. The lowest BCUT2D eigenvalue weighted by Crippen LogP contribution is -2.36. The lowest BCUT2D eigenvalue weighted by molar-refractivity contribution is -0.122. The molecular formula is C19H19N5O2S. The van der Waals surface area contributed by atoms with Gasteiger partial charge >= 0.3 is 0 Å². The zero-order valence-electron chi connectivity index (χ0n) is 15.0. The third-order valence-electron chi connectivity index (χ3n) is 4.49. The van der Waals surface area contributed by atoms with E-state index in [4.69, 9.17) is 0 Å². The topological polar surface area (TPSA) is 81.3 Å². The van der Waals surface area contributed by atoms with Crippen LogP contribution in [0.25, 0.3) is 15.7 Å². The molecule has 0 aliphatic heterocycles. The summed E-state index contributed by atoms with van der Waals surface area (Å²) in [7, 11) is 0. The predicted octanol–water partition coefficient (Wildman–Crippen LogP) is 2.55. The quantitative estimate of drug-likeness (QED) is 0.576. The van der Waals surface area contributed by atoms with E-state index in [1.54, 1.807) is 17.5 Å². The molecule has 1 amide bonds. The van der Waals surface area contributed by atoms with Gasteiger partial charge < -0.3 is 5.32 Å². The van der Waals surface area contributed by atoms with Gasteiger partial charge in [-0.15, -0.1) is 11.3 Å². The van der Waals surface area contributed by atoms with Gasteiger partial charge in [0.05, 0.1) is 22.0 Å². The largest absolute Gasteiger partial charge is 0.346 e. The van der Waals surface area contributed by atoms with Crippen molar-refractivity contribution in [3.05, 3.63) is 63.8 Å².